The molecule has 0 unspecified atom stereocenters. The predicted octanol–water partition coefficient (Wildman–Crippen LogP) is 2.13. The average molecular weight is 368 g/mol. The second-order valence-corrected chi connectivity index (χ2v) is 7.39. The number of nitrogens with one attached hydrogen (secondary N) is 2. The number of amides is 2. The van der Waals surface area contributed by atoms with E-state index in [1.165, 1.54) is 12.0 Å². The van der Waals surface area contributed by atoms with E-state index in [1.807, 2.05) is 12.1 Å². The summed E-state index contributed by atoms with van der Waals surface area (Å²) in [6, 6.07) is 8.20. The fourth-order valence-electron chi connectivity index (χ4n) is 4.00. The van der Waals surface area contributed by atoms with E-state index in [2.05, 4.69) is 27.8 Å². The molecule has 1 spiro atoms. The van der Waals surface area contributed by atoms with Crippen molar-refractivity contribution in [2.24, 2.45) is 0 Å². The molecule has 7 heteroatoms. The summed E-state index contributed by atoms with van der Waals surface area (Å²) in [5.74, 6) is 0.487. The van der Waals surface area contributed by atoms with Gasteiger partial charge in [-0.1, -0.05) is 18.2 Å². The average Bonchev–Trinajstić information content (AvgIpc) is 3.10. The number of hydrogen-bond donors (Lipinski definition) is 2. The van der Waals surface area contributed by atoms with E-state index in [0.717, 1.165) is 12.1 Å². The Hall–Kier alpha value is -2.83. The summed E-state index contributed by atoms with van der Waals surface area (Å²) in [6.45, 7) is 3.54. The number of oxazole rings is 1. The molecule has 142 valence electrons. The van der Waals surface area contributed by atoms with Crippen molar-refractivity contribution in [2.75, 3.05) is 25.0 Å². The van der Waals surface area contributed by atoms with Crippen LogP contribution in [0.25, 0.3) is 0 Å². The van der Waals surface area contributed by atoms with Gasteiger partial charge in [-0.05, 0) is 37.8 Å². The van der Waals surface area contributed by atoms with E-state index in [-0.39, 0.29) is 17.4 Å². The third-order valence-corrected chi connectivity index (χ3v) is 5.59. The van der Waals surface area contributed by atoms with Gasteiger partial charge in [0.25, 0.3) is 5.91 Å². The van der Waals surface area contributed by atoms with Crippen LogP contribution in [0.1, 0.15) is 41.1 Å². The van der Waals surface area contributed by atoms with Gasteiger partial charge in [0.1, 0.15) is 5.76 Å². The Balaban J connectivity index is 1.53. The molecule has 3 heterocycles. The summed E-state index contributed by atoms with van der Waals surface area (Å²) in [7, 11) is 0. The lowest BCUT2D eigenvalue weighted by molar-refractivity contribution is -0.122. The molecule has 0 aliphatic carbocycles. The molecule has 0 bridgehead atoms. The first-order valence-corrected chi connectivity index (χ1v) is 9.38. The highest BCUT2D eigenvalue weighted by atomic mass is 16.3. The van der Waals surface area contributed by atoms with Crippen molar-refractivity contribution in [2.45, 2.75) is 38.1 Å². The fraction of sp³-hybridized carbons (Fsp3) is 0.450. The topological polar surface area (TPSA) is 87.5 Å². The van der Waals surface area contributed by atoms with Crippen LogP contribution >= 0.6 is 0 Å². The van der Waals surface area contributed by atoms with E-state index in [9.17, 15) is 9.59 Å². The van der Waals surface area contributed by atoms with Gasteiger partial charge in [-0.3, -0.25) is 9.59 Å². The van der Waals surface area contributed by atoms with Crippen LogP contribution in [0.4, 0.5) is 5.69 Å². The normalized spacial score (nSPS) is 19.3. The molecule has 2 amide bonds. The minimum absolute atomic E-state index is 0.0578. The van der Waals surface area contributed by atoms with Gasteiger partial charge in [0.15, 0.2) is 12.1 Å². The number of carbonyl (C=O) groups is 2. The van der Waals surface area contributed by atoms with Crippen molar-refractivity contribution in [1.29, 1.82) is 0 Å². The first-order valence-electron chi connectivity index (χ1n) is 9.38. The van der Waals surface area contributed by atoms with E-state index in [4.69, 9.17) is 4.42 Å². The Morgan fingerprint density at radius 1 is 1.26 bits per heavy atom. The van der Waals surface area contributed by atoms with E-state index in [0.29, 0.717) is 50.4 Å². The molecule has 1 fully saturated rings. The number of rotatable bonds is 1. The van der Waals surface area contributed by atoms with Gasteiger partial charge in [-0.15, -0.1) is 0 Å². The molecule has 2 aliphatic rings. The second kappa shape index (κ2) is 7.06. The molecule has 27 heavy (non-hydrogen) atoms. The smallest absolute Gasteiger partial charge is 0.276 e. The van der Waals surface area contributed by atoms with E-state index < -0.39 is 0 Å². The van der Waals surface area contributed by atoms with Crippen LogP contribution in [0.15, 0.2) is 35.1 Å². The highest BCUT2D eigenvalue weighted by molar-refractivity contribution is 5.93. The third kappa shape index (κ3) is 3.54. The molecule has 1 saturated heterocycles. The van der Waals surface area contributed by atoms with Crippen molar-refractivity contribution in [3.8, 4) is 0 Å². The van der Waals surface area contributed by atoms with Crippen LogP contribution in [0.5, 0.6) is 0 Å². The van der Waals surface area contributed by atoms with Crippen LogP contribution in [0, 0.1) is 6.92 Å². The highest BCUT2D eigenvalue weighted by Crippen LogP contribution is 2.33. The number of aromatic nitrogens is 1. The Bertz CT molecular complexity index is 852. The number of anilines is 1. The maximum atomic E-state index is 12.7. The lowest BCUT2D eigenvalue weighted by Crippen LogP contribution is -2.52. The number of fused-ring (bicyclic) bond motifs is 1. The maximum absolute atomic E-state index is 12.7. The molecule has 2 N–H and O–H groups in total. The summed E-state index contributed by atoms with van der Waals surface area (Å²) in [6.07, 6.45) is 3.93. The number of hydrogen-bond acceptors (Lipinski definition) is 5. The van der Waals surface area contributed by atoms with E-state index in [1.54, 1.807) is 11.8 Å². The SMILES string of the molecule is Cc1ocnc1C(=O)N1CCC2(CC1)CC(=O)NCCc1ccccc1N2. The van der Waals surface area contributed by atoms with Gasteiger partial charge >= 0.3 is 0 Å². The zero-order valence-corrected chi connectivity index (χ0v) is 15.5. The first-order chi connectivity index (χ1) is 13.1. The highest BCUT2D eigenvalue weighted by Gasteiger charge is 2.39. The molecule has 7 nitrogen and oxygen atoms in total. The number of benzene rings is 1. The van der Waals surface area contributed by atoms with Gasteiger partial charge < -0.3 is 20.0 Å². The molecular weight excluding hydrogens is 344 g/mol. The number of para-hydroxylation sites is 1. The molecule has 0 radical (unpaired) electrons. The van der Waals surface area contributed by atoms with Crippen molar-refractivity contribution in [1.82, 2.24) is 15.2 Å². The van der Waals surface area contributed by atoms with Crippen LogP contribution in [0.2, 0.25) is 0 Å². The zero-order valence-electron chi connectivity index (χ0n) is 15.5. The summed E-state index contributed by atoms with van der Waals surface area (Å²) in [5.41, 5.74) is 2.31. The van der Waals surface area contributed by atoms with E-state index >= 15 is 0 Å². The zero-order chi connectivity index (χ0) is 18.9. The molecule has 1 aromatic carbocycles. The van der Waals surface area contributed by atoms with Crippen molar-refractivity contribution in [3.05, 3.63) is 47.7 Å². The van der Waals surface area contributed by atoms with Gasteiger partial charge in [0.05, 0.1) is 0 Å². The van der Waals surface area contributed by atoms with Gasteiger partial charge in [-0.25, -0.2) is 4.98 Å². The number of nitrogens with zero attached hydrogens (tertiary/aromatic N) is 2. The number of carbonyl (C=O) groups excluding carboxylic acids is 2. The maximum Gasteiger partial charge on any atom is 0.276 e. The second-order valence-electron chi connectivity index (χ2n) is 7.39. The fourth-order valence-corrected chi connectivity index (χ4v) is 4.00. The molecule has 0 atom stereocenters. The Kier molecular flexibility index (Phi) is 4.59. The van der Waals surface area contributed by atoms with Crippen molar-refractivity contribution in [3.63, 3.8) is 0 Å². The van der Waals surface area contributed by atoms with Crippen molar-refractivity contribution < 1.29 is 14.0 Å². The number of piperidine rings is 1. The summed E-state index contributed by atoms with van der Waals surface area (Å²) in [5, 5.41) is 6.68. The predicted molar refractivity (Wildman–Crippen MR) is 101 cm³/mol. The van der Waals surface area contributed by atoms with Crippen LogP contribution in [-0.4, -0.2) is 46.9 Å². The van der Waals surface area contributed by atoms with Crippen LogP contribution in [0.3, 0.4) is 0 Å². The Morgan fingerprint density at radius 3 is 2.78 bits per heavy atom. The van der Waals surface area contributed by atoms with Gasteiger partial charge in [-0.2, -0.15) is 0 Å². The Labute approximate surface area is 158 Å². The lowest BCUT2D eigenvalue weighted by atomic mass is 9.83. The molecule has 1 aromatic heterocycles. The minimum Gasteiger partial charge on any atom is -0.448 e. The van der Waals surface area contributed by atoms with Gasteiger partial charge in [0.2, 0.25) is 5.91 Å². The molecule has 0 saturated carbocycles. The molecule has 2 aromatic rings. The van der Waals surface area contributed by atoms with Crippen LogP contribution in [-0.2, 0) is 11.2 Å². The Morgan fingerprint density at radius 2 is 2.04 bits per heavy atom. The molecular formula is C20H24N4O3. The summed E-state index contributed by atoms with van der Waals surface area (Å²) < 4.78 is 5.16. The van der Waals surface area contributed by atoms with Gasteiger partial charge in [0, 0.05) is 37.3 Å². The monoisotopic (exact) mass is 368 g/mol. The van der Waals surface area contributed by atoms with Crippen molar-refractivity contribution >= 4 is 17.5 Å². The first kappa shape index (κ1) is 17.6. The quantitative estimate of drug-likeness (QED) is 0.805. The molecule has 4 rings (SSSR count). The minimum atomic E-state index is -0.347. The summed E-state index contributed by atoms with van der Waals surface area (Å²) >= 11 is 0. The standard InChI is InChI=1S/C20H24N4O3/c1-14-18(22-13-27-14)19(26)24-10-7-20(8-11-24)12-17(25)21-9-6-15-4-2-3-5-16(15)23-20/h2-5,13,23H,6-12H2,1H3,(H,21,25). The third-order valence-electron chi connectivity index (χ3n) is 5.59. The number of aryl methyl sites for hydroxylation is 1. The lowest BCUT2D eigenvalue weighted by Gasteiger charge is -2.42. The largest absolute Gasteiger partial charge is 0.448 e. The number of likely N-dealkylation sites (tertiary alicyclic amines) is 1. The summed E-state index contributed by atoms with van der Waals surface area (Å²) in [4.78, 5) is 30.9. The van der Waals surface area contributed by atoms with Crippen LogP contribution < -0.4 is 10.6 Å². The molecule has 2 aliphatic heterocycles.